The molecule has 0 aliphatic rings. The number of rotatable bonds is 5. The number of hydrogen-bond donors (Lipinski definition) is 1. The molecule has 0 bridgehead atoms. The zero-order valence-corrected chi connectivity index (χ0v) is 14.6. The first-order valence-electron chi connectivity index (χ1n) is 8.10. The lowest BCUT2D eigenvalue weighted by molar-refractivity contribution is -0.116. The van der Waals surface area contributed by atoms with Crippen LogP contribution in [0.5, 0.6) is 0 Å². The van der Waals surface area contributed by atoms with Gasteiger partial charge in [0.2, 0.25) is 5.91 Å². The second kappa shape index (κ2) is 7.49. The Morgan fingerprint density at radius 1 is 0.880 bits per heavy atom. The summed E-state index contributed by atoms with van der Waals surface area (Å²) < 4.78 is 0. The van der Waals surface area contributed by atoms with E-state index in [9.17, 15) is 9.59 Å². The van der Waals surface area contributed by atoms with Crippen LogP contribution in [0.25, 0.3) is 10.8 Å². The molecule has 0 saturated heterocycles. The monoisotopic (exact) mass is 351 g/mol. The van der Waals surface area contributed by atoms with E-state index in [1.54, 1.807) is 24.3 Å². The SMILES string of the molecule is Cc1ccc2cc(C(=O)CCC(=O)Nc3ccc(Cl)cc3)ccc2c1. The number of anilines is 1. The van der Waals surface area contributed by atoms with Gasteiger partial charge in [0.25, 0.3) is 0 Å². The minimum Gasteiger partial charge on any atom is -0.326 e. The largest absolute Gasteiger partial charge is 0.326 e. The first-order chi connectivity index (χ1) is 12.0. The average molecular weight is 352 g/mol. The van der Waals surface area contributed by atoms with E-state index in [-0.39, 0.29) is 24.5 Å². The maximum Gasteiger partial charge on any atom is 0.224 e. The number of Topliss-reactive ketones (excluding diaryl/α,β-unsaturated/α-hetero) is 1. The number of amides is 1. The molecule has 3 aromatic rings. The Labute approximate surface area is 151 Å². The maximum atomic E-state index is 12.4. The molecule has 1 amide bonds. The van der Waals surface area contributed by atoms with E-state index in [1.807, 2.05) is 37.3 Å². The van der Waals surface area contributed by atoms with Crippen molar-refractivity contribution < 1.29 is 9.59 Å². The summed E-state index contributed by atoms with van der Waals surface area (Å²) in [6, 6.07) is 18.6. The number of benzene rings is 3. The molecule has 126 valence electrons. The lowest BCUT2D eigenvalue weighted by Crippen LogP contribution is -2.13. The van der Waals surface area contributed by atoms with E-state index in [2.05, 4.69) is 11.4 Å². The van der Waals surface area contributed by atoms with Crippen LogP contribution in [0, 0.1) is 6.92 Å². The van der Waals surface area contributed by atoms with Crippen molar-refractivity contribution in [2.45, 2.75) is 19.8 Å². The molecule has 0 aliphatic carbocycles. The fraction of sp³-hybridized carbons (Fsp3) is 0.143. The van der Waals surface area contributed by atoms with Gasteiger partial charge >= 0.3 is 0 Å². The first kappa shape index (κ1) is 17.2. The molecule has 1 N–H and O–H groups in total. The van der Waals surface area contributed by atoms with Crippen LogP contribution in [0.4, 0.5) is 5.69 Å². The lowest BCUT2D eigenvalue weighted by Gasteiger charge is -2.06. The fourth-order valence-electron chi connectivity index (χ4n) is 2.67. The minimum atomic E-state index is -0.188. The highest BCUT2D eigenvalue weighted by Crippen LogP contribution is 2.19. The molecule has 3 aromatic carbocycles. The summed E-state index contributed by atoms with van der Waals surface area (Å²) in [6.45, 7) is 2.04. The zero-order chi connectivity index (χ0) is 17.8. The summed E-state index contributed by atoms with van der Waals surface area (Å²) in [5.41, 5.74) is 2.49. The van der Waals surface area contributed by atoms with Crippen LogP contribution in [-0.4, -0.2) is 11.7 Å². The van der Waals surface area contributed by atoms with E-state index in [4.69, 9.17) is 11.6 Å². The third kappa shape index (κ3) is 4.46. The summed E-state index contributed by atoms with van der Waals surface area (Å²) in [5.74, 6) is -0.221. The number of nitrogens with one attached hydrogen (secondary N) is 1. The third-order valence-electron chi connectivity index (χ3n) is 4.02. The predicted octanol–water partition coefficient (Wildman–Crippen LogP) is 5.40. The third-order valence-corrected chi connectivity index (χ3v) is 4.28. The number of fused-ring (bicyclic) bond motifs is 1. The molecule has 3 rings (SSSR count). The summed E-state index contributed by atoms with van der Waals surface area (Å²) in [7, 11) is 0. The summed E-state index contributed by atoms with van der Waals surface area (Å²) >= 11 is 5.81. The molecule has 0 atom stereocenters. The maximum absolute atomic E-state index is 12.4. The van der Waals surface area contributed by atoms with Gasteiger partial charge < -0.3 is 5.32 Å². The second-order valence-electron chi connectivity index (χ2n) is 6.04. The number of ketones is 1. The Kier molecular flexibility index (Phi) is 5.15. The smallest absolute Gasteiger partial charge is 0.224 e. The number of hydrogen-bond acceptors (Lipinski definition) is 2. The van der Waals surface area contributed by atoms with Crippen LogP contribution in [-0.2, 0) is 4.79 Å². The molecular weight excluding hydrogens is 334 g/mol. The van der Waals surface area contributed by atoms with Crippen LogP contribution >= 0.6 is 11.6 Å². The van der Waals surface area contributed by atoms with Crippen molar-refractivity contribution >= 4 is 39.8 Å². The van der Waals surface area contributed by atoms with E-state index in [0.717, 1.165) is 10.8 Å². The summed E-state index contributed by atoms with van der Waals surface area (Å²) in [6.07, 6.45) is 0.324. The van der Waals surface area contributed by atoms with Gasteiger partial charge in [0.15, 0.2) is 5.78 Å². The van der Waals surface area contributed by atoms with Gasteiger partial charge in [0.05, 0.1) is 0 Å². The number of carbonyl (C=O) groups excluding carboxylic acids is 2. The predicted molar refractivity (Wildman–Crippen MR) is 102 cm³/mol. The van der Waals surface area contributed by atoms with Gasteiger partial charge in [-0.25, -0.2) is 0 Å². The van der Waals surface area contributed by atoms with Crippen LogP contribution in [0.15, 0.2) is 60.7 Å². The van der Waals surface area contributed by atoms with E-state index in [1.165, 1.54) is 5.56 Å². The highest BCUT2D eigenvalue weighted by Gasteiger charge is 2.10. The van der Waals surface area contributed by atoms with Crippen LogP contribution in [0.3, 0.4) is 0 Å². The molecular formula is C21H18ClNO2. The molecule has 0 radical (unpaired) electrons. The highest BCUT2D eigenvalue weighted by molar-refractivity contribution is 6.30. The molecule has 25 heavy (non-hydrogen) atoms. The number of halogens is 1. The second-order valence-corrected chi connectivity index (χ2v) is 6.48. The van der Waals surface area contributed by atoms with Crippen molar-refractivity contribution in [2.75, 3.05) is 5.32 Å². The normalized spacial score (nSPS) is 10.6. The van der Waals surface area contributed by atoms with Crippen molar-refractivity contribution in [3.05, 3.63) is 76.8 Å². The lowest BCUT2D eigenvalue weighted by atomic mass is 10.0. The first-order valence-corrected chi connectivity index (χ1v) is 8.48. The van der Waals surface area contributed by atoms with Crippen molar-refractivity contribution in [1.82, 2.24) is 0 Å². The van der Waals surface area contributed by atoms with Crippen LogP contribution in [0.2, 0.25) is 5.02 Å². The summed E-state index contributed by atoms with van der Waals surface area (Å²) in [4.78, 5) is 24.3. The molecule has 0 aliphatic heterocycles. The Morgan fingerprint density at radius 2 is 1.56 bits per heavy atom. The summed E-state index contributed by atoms with van der Waals surface area (Å²) in [5, 5.41) is 5.51. The standard InChI is InChI=1S/C21H18ClNO2/c1-14-2-3-16-13-17(5-4-15(16)12-14)20(24)10-11-21(25)23-19-8-6-18(22)7-9-19/h2-9,12-13H,10-11H2,1H3,(H,23,25). The molecule has 4 heteroatoms. The van der Waals surface area contributed by atoms with E-state index in [0.29, 0.717) is 16.3 Å². The van der Waals surface area contributed by atoms with Gasteiger partial charge in [-0.15, -0.1) is 0 Å². The van der Waals surface area contributed by atoms with Gasteiger partial charge in [-0.2, -0.15) is 0 Å². The highest BCUT2D eigenvalue weighted by atomic mass is 35.5. The molecule has 3 nitrogen and oxygen atoms in total. The average Bonchev–Trinajstić information content (AvgIpc) is 2.61. The Morgan fingerprint density at radius 3 is 2.32 bits per heavy atom. The van der Waals surface area contributed by atoms with E-state index < -0.39 is 0 Å². The van der Waals surface area contributed by atoms with Crippen LogP contribution in [0.1, 0.15) is 28.8 Å². The van der Waals surface area contributed by atoms with Gasteiger partial charge in [-0.3, -0.25) is 9.59 Å². The molecule has 0 saturated carbocycles. The molecule has 0 spiro atoms. The molecule has 0 aromatic heterocycles. The minimum absolute atomic E-state index is 0.0336. The fourth-order valence-corrected chi connectivity index (χ4v) is 2.79. The number of aryl methyl sites for hydroxylation is 1. The Bertz CT molecular complexity index is 932. The van der Waals surface area contributed by atoms with Crippen molar-refractivity contribution in [1.29, 1.82) is 0 Å². The van der Waals surface area contributed by atoms with Gasteiger partial charge in [-0.1, -0.05) is 47.5 Å². The zero-order valence-electron chi connectivity index (χ0n) is 13.9. The van der Waals surface area contributed by atoms with E-state index >= 15 is 0 Å². The van der Waals surface area contributed by atoms with Gasteiger partial charge in [-0.05, 0) is 48.0 Å². The van der Waals surface area contributed by atoms with Crippen molar-refractivity contribution in [3.63, 3.8) is 0 Å². The number of carbonyl (C=O) groups is 2. The molecule has 0 fully saturated rings. The topological polar surface area (TPSA) is 46.2 Å². The van der Waals surface area contributed by atoms with Crippen LogP contribution < -0.4 is 5.32 Å². The quantitative estimate of drug-likeness (QED) is 0.625. The Balaban J connectivity index is 1.61. The van der Waals surface area contributed by atoms with Crippen molar-refractivity contribution in [3.8, 4) is 0 Å². The van der Waals surface area contributed by atoms with Crippen molar-refractivity contribution in [2.24, 2.45) is 0 Å². The molecule has 0 unspecified atom stereocenters. The molecule has 0 heterocycles. The van der Waals surface area contributed by atoms with Gasteiger partial charge in [0, 0.05) is 29.1 Å². The Hall–Kier alpha value is -2.65. The van der Waals surface area contributed by atoms with Gasteiger partial charge in [0.1, 0.15) is 0 Å².